The van der Waals surface area contributed by atoms with Crippen molar-refractivity contribution in [2.24, 2.45) is 0 Å². The van der Waals surface area contributed by atoms with Gasteiger partial charge in [-0.25, -0.2) is 13.4 Å². The molecular formula is C25H26ClN3O3S2. The van der Waals surface area contributed by atoms with Gasteiger partial charge in [-0.2, -0.15) is 0 Å². The van der Waals surface area contributed by atoms with Crippen LogP contribution in [0.1, 0.15) is 17.7 Å². The van der Waals surface area contributed by atoms with Crippen molar-refractivity contribution in [1.29, 1.82) is 0 Å². The molecule has 178 valence electrons. The van der Waals surface area contributed by atoms with Crippen LogP contribution in [0.5, 0.6) is 5.75 Å². The summed E-state index contributed by atoms with van der Waals surface area (Å²) in [6, 6.07) is 18.3. The van der Waals surface area contributed by atoms with Crippen molar-refractivity contribution in [1.82, 2.24) is 9.88 Å². The number of ether oxygens (including phenoxy) is 1. The minimum absolute atomic E-state index is 0.305. The van der Waals surface area contributed by atoms with Crippen molar-refractivity contribution >= 4 is 39.1 Å². The average molecular weight is 516 g/mol. The molecule has 3 aromatic rings. The van der Waals surface area contributed by atoms with Gasteiger partial charge < -0.3 is 4.74 Å². The van der Waals surface area contributed by atoms with E-state index in [1.165, 1.54) is 9.87 Å². The third-order valence-corrected chi connectivity index (χ3v) is 9.14. The summed E-state index contributed by atoms with van der Waals surface area (Å²) in [7, 11) is -3.61. The van der Waals surface area contributed by atoms with E-state index in [0.29, 0.717) is 34.6 Å². The van der Waals surface area contributed by atoms with Gasteiger partial charge in [-0.15, -0.1) is 11.8 Å². The molecular weight excluding hydrogens is 490 g/mol. The molecule has 0 unspecified atom stereocenters. The van der Waals surface area contributed by atoms with Gasteiger partial charge in [0.1, 0.15) is 10.9 Å². The van der Waals surface area contributed by atoms with E-state index in [-0.39, 0.29) is 0 Å². The summed E-state index contributed by atoms with van der Waals surface area (Å²) in [5.74, 6) is 1.41. The van der Waals surface area contributed by atoms with Crippen molar-refractivity contribution in [3.05, 3.63) is 77.1 Å². The van der Waals surface area contributed by atoms with Gasteiger partial charge in [0.25, 0.3) is 10.0 Å². The number of halogens is 1. The van der Waals surface area contributed by atoms with Crippen LogP contribution in [-0.4, -0.2) is 50.3 Å². The first-order valence-corrected chi connectivity index (χ1v) is 14.2. The minimum atomic E-state index is -3.61. The fraction of sp³-hybridized carbons (Fsp3) is 0.320. The van der Waals surface area contributed by atoms with Crippen LogP contribution in [-0.2, 0) is 23.0 Å². The van der Waals surface area contributed by atoms with E-state index in [9.17, 15) is 8.42 Å². The first-order valence-electron chi connectivity index (χ1n) is 11.3. The Labute approximate surface area is 209 Å². The molecule has 0 saturated carbocycles. The maximum Gasteiger partial charge on any atom is 0.264 e. The molecule has 0 spiro atoms. The Morgan fingerprint density at radius 3 is 2.76 bits per heavy atom. The summed E-state index contributed by atoms with van der Waals surface area (Å²) < 4.78 is 34.1. The Bertz CT molecular complexity index is 1270. The molecule has 3 heterocycles. The highest BCUT2D eigenvalue weighted by Crippen LogP contribution is 2.40. The maximum atomic E-state index is 13.3. The Kier molecular flexibility index (Phi) is 7.01. The largest absolute Gasteiger partial charge is 0.493 e. The van der Waals surface area contributed by atoms with Crippen LogP contribution in [0.25, 0.3) is 0 Å². The van der Waals surface area contributed by atoms with Crippen molar-refractivity contribution < 1.29 is 13.2 Å². The van der Waals surface area contributed by atoms with Crippen LogP contribution < -0.4 is 9.04 Å². The smallest absolute Gasteiger partial charge is 0.264 e. The van der Waals surface area contributed by atoms with Crippen molar-refractivity contribution in [3.63, 3.8) is 0 Å². The lowest BCUT2D eigenvalue weighted by Crippen LogP contribution is -2.35. The quantitative estimate of drug-likeness (QED) is 0.330. The predicted octanol–water partition coefficient (Wildman–Crippen LogP) is 4.86. The van der Waals surface area contributed by atoms with Crippen LogP contribution in [0.2, 0.25) is 5.15 Å². The van der Waals surface area contributed by atoms with E-state index in [1.54, 1.807) is 36.0 Å². The Hall–Kier alpha value is -2.26. The zero-order valence-electron chi connectivity index (χ0n) is 18.7. The molecule has 0 fully saturated rings. The van der Waals surface area contributed by atoms with Crippen LogP contribution in [0.3, 0.4) is 0 Å². The predicted molar refractivity (Wildman–Crippen MR) is 136 cm³/mol. The number of hydrogen-bond donors (Lipinski definition) is 0. The number of anilines is 1. The van der Waals surface area contributed by atoms with Gasteiger partial charge in [0, 0.05) is 55.0 Å². The zero-order valence-corrected chi connectivity index (χ0v) is 21.1. The number of sulfonamides is 1. The molecule has 0 N–H and O–H groups in total. The number of aromatic nitrogens is 1. The van der Waals surface area contributed by atoms with Crippen LogP contribution in [0.15, 0.2) is 70.5 Å². The van der Waals surface area contributed by atoms with Gasteiger partial charge in [0.15, 0.2) is 0 Å². The van der Waals surface area contributed by atoms with Crippen LogP contribution in [0.4, 0.5) is 5.69 Å². The standard InChI is InChI=1S/C25H26ClN3O3S2/c26-25-10-7-19-18-28(13-11-22(19)27-25)12-4-15-32-20-8-9-24-23(17-20)29(14-16-33-24)34(30,31)21-5-2-1-3-6-21/h1-3,5-10,17H,4,11-16,18H2. The first-order chi connectivity index (χ1) is 16.5. The second kappa shape index (κ2) is 10.2. The molecule has 5 rings (SSSR count). The SMILES string of the molecule is O=S(=O)(c1ccccc1)N1CCSc2ccc(OCCCN3CCc4nc(Cl)ccc4C3)cc21. The van der Waals surface area contributed by atoms with Gasteiger partial charge in [-0.1, -0.05) is 35.9 Å². The Balaban J connectivity index is 1.21. The zero-order chi connectivity index (χ0) is 23.5. The van der Waals surface area contributed by atoms with Crippen molar-refractivity contribution in [2.45, 2.75) is 29.2 Å². The number of thioether (sulfide) groups is 1. The minimum Gasteiger partial charge on any atom is -0.493 e. The molecule has 2 aliphatic heterocycles. The van der Waals surface area contributed by atoms with Crippen LogP contribution in [0, 0.1) is 0 Å². The fourth-order valence-electron chi connectivity index (χ4n) is 4.35. The number of fused-ring (bicyclic) bond motifs is 2. The lowest BCUT2D eigenvalue weighted by Gasteiger charge is -2.30. The Morgan fingerprint density at radius 1 is 1.06 bits per heavy atom. The molecule has 0 atom stereocenters. The monoisotopic (exact) mass is 515 g/mol. The number of nitrogens with zero attached hydrogens (tertiary/aromatic N) is 3. The summed E-state index contributed by atoms with van der Waals surface area (Å²) >= 11 is 7.68. The van der Waals surface area contributed by atoms with Gasteiger partial charge in [-0.3, -0.25) is 9.21 Å². The number of pyridine rings is 1. The molecule has 1 aromatic heterocycles. The van der Waals surface area contributed by atoms with E-state index >= 15 is 0 Å². The number of benzene rings is 2. The first kappa shape index (κ1) is 23.5. The summed E-state index contributed by atoms with van der Waals surface area (Å²) in [4.78, 5) is 8.09. The second-order valence-corrected chi connectivity index (χ2v) is 11.7. The summed E-state index contributed by atoms with van der Waals surface area (Å²) in [5, 5.41) is 0.555. The van der Waals surface area contributed by atoms with Gasteiger partial charge >= 0.3 is 0 Å². The lowest BCUT2D eigenvalue weighted by molar-refractivity contribution is 0.219. The molecule has 0 saturated heterocycles. The summed E-state index contributed by atoms with van der Waals surface area (Å²) in [5.41, 5.74) is 3.03. The van der Waals surface area contributed by atoms with E-state index in [0.717, 1.165) is 48.8 Å². The van der Waals surface area contributed by atoms with Crippen molar-refractivity contribution in [3.8, 4) is 5.75 Å². The van der Waals surface area contributed by atoms with Gasteiger partial charge in [-0.05, 0) is 42.3 Å². The number of hydrogen-bond acceptors (Lipinski definition) is 6. The molecule has 2 aromatic carbocycles. The second-order valence-electron chi connectivity index (χ2n) is 8.34. The maximum absolute atomic E-state index is 13.3. The molecule has 0 radical (unpaired) electrons. The molecule has 2 aliphatic rings. The highest BCUT2D eigenvalue weighted by Gasteiger charge is 2.29. The summed E-state index contributed by atoms with van der Waals surface area (Å²) in [6.07, 6.45) is 1.79. The highest BCUT2D eigenvalue weighted by atomic mass is 35.5. The molecule has 0 amide bonds. The van der Waals surface area contributed by atoms with Gasteiger partial charge in [0.05, 0.1) is 17.2 Å². The van der Waals surface area contributed by atoms with Crippen LogP contribution >= 0.6 is 23.4 Å². The summed E-state index contributed by atoms with van der Waals surface area (Å²) in [6.45, 7) is 3.77. The van der Waals surface area contributed by atoms with E-state index in [2.05, 4.69) is 16.0 Å². The fourth-order valence-corrected chi connectivity index (χ4v) is 7.16. The third kappa shape index (κ3) is 5.05. The normalized spacial score (nSPS) is 16.1. The molecule has 9 heteroatoms. The average Bonchev–Trinajstić information content (AvgIpc) is 2.86. The topological polar surface area (TPSA) is 62.7 Å². The molecule has 0 bridgehead atoms. The molecule has 6 nitrogen and oxygen atoms in total. The number of rotatable bonds is 7. The van der Waals surface area contributed by atoms with Crippen molar-refractivity contribution in [2.75, 3.05) is 36.3 Å². The lowest BCUT2D eigenvalue weighted by atomic mass is 10.1. The van der Waals surface area contributed by atoms with E-state index < -0.39 is 10.0 Å². The van der Waals surface area contributed by atoms with E-state index in [1.807, 2.05) is 30.3 Å². The molecule has 0 aliphatic carbocycles. The third-order valence-electron chi connectivity index (χ3n) is 6.06. The van der Waals surface area contributed by atoms with Gasteiger partial charge in [0.2, 0.25) is 0 Å². The highest BCUT2D eigenvalue weighted by molar-refractivity contribution is 8.00. The Morgan fingerprint density at radius 2 is 1.91 bits per heavy atom. The van der Waals surface area contributed by atoms with E-state index in [4.69, 9.17) is 16.3 Å². The molecule has 34 heavy (non-hydrogen) atoms.